The molecule has 0 unspecified atom stereocenters. The molecule has 0 bridgehead atoms. The van der Waals surface area contributed by atoms with Gasteiger partial charge in [0.25, 0.3) is 5.91 Å². The van der Waals surface area contributed by atoms with Crippen molar-refractivity contribution in [2.75, 3.05) is 26.2 Å². The molecule has 134 valence electrons. The summed E-state index contributed by atoms with van der Waals surface area (Å²) in [6, 6.07) is 2.17. The lowest BCUT2D eigenvalue weighted by atomic mass is 10.1. The van der Waals surface area contributed by atoms with E-state index < -0.39 is 0 Å². The minimum atomic E-state index is 0.231. The molecule has 1 saturated heterocycles. The Hall–Kier alpha value is -1.66. The number of rotatable bonds is 3. The van der Waals surface area contributed by atoms with Gasteiger partial charge in [-0.2, -0.15) is 0 Å². The first-order valence-corrected chi connectivity index (χ1v) is 10.1. The lowest BCUT2D eigenvalue weighted by Crippen LogP contribution is -2.48. The summed E-state index contributed by atoms with van der Waals surface area (Å²) in [7, 11) is 2.03. The van der Waals surface area contributed by atoms with Gasteiger partial charge in [-0.3, -0.25) is 9.69 Å². The lowest BCUT2D eigenvalue weighted by Gasteiger charge is -2.34. The van der Waals surface area contributed by atoms with Crippen molar-refractivity contribution in [1.29, 1.82) is 0 Å². The second kappa shape index (κ2) is 7.30. The predicted octanol–water partition coefficient (Wildman–Crippen LogP) is 2.71. The van der Waals surface area contributed by atoms with Crippen molar-refractivity contribution >= 4 is 17.2 Å². The second-order valence-corrected chi connectivity index (χ2v) is 8.28. The average molecular weight is 359 g/mol. The van der Waals surface area contributed by atoms with E-state index in [1.54, 1.807) is 11.3 Å². The number of carbonyl (C=O) groups is 1. The molecule has 1 amide bonds. The van der Waals surface area contributed by atoms with E-state index in [4.69, 9.17) is 0 Å². The van der Waals surface area contributed by atoms with Crippen molar-refractivity contribution < 1.29 is 4.79 Å². The number of thiophene rings is 1. The molecule has 3 heterocycles. The van der Waals surface area contributed by atoms with E-state index >= 15 is 0 Å². The van der Waals surface area contributed by atoms with Gasteiger partial charge >= 0.3 is 0 Å². The monoisotopic (exact) mass is 358 g/mol. The highest BCUT2D eigenvalue weighted by Crippen LogP contribution is 2.30. The fraction of sp³-hybridized carbons (Fsp3) is 0.579. The summed E-state index contributed by atoms with van der Waals surface area (Å²) in [5.41, 5.74) is 1.43. The van der Waals surface area contributed by atoms with Crippen molar-refractivity contribution in [3.63, 3.8) is 0 Å². The smallest absolute Gasteiger partial charge is 0.264 e. The van der Waals surface area contributed by atoms with Crippen LogP contribution in [0.2, 0.25) is 0 Å². The van der Waals surface area contributed by atoms with Gasteiger partial charge in [0.1, 0.15) is 5.82 Å². The number of piperazine rings is 1. The maximum absolute atomic E-state index is 12.9. The van der Waals surface area contributed by atoms with Crippen LogP contribution in [0.25, 0.3) is 0 Å². The largest absolute Gasteiger partial charge is 0.337 e. The Balaban J connectivity index is 1.36. The zero-order valence-electron chi connectivity index (χ0n) is 14.9. The van der Waals surface area contributed by atoms with E-state index in [9.17, 15) is 4.79 Å². The molecule has 2 aromatic rings. The van der Waals surface area contributed by atoms with E-state index in [0.717, 1.165) is 56.3 Å². The molecule has 5 nitrogen and oxygen atoms in total. The summed E-state index contributed by atoms with van der Waals surface area (Å²) >= 11 is 1.74. The molecule has 0 N–H and O–H groups in total. The number of carbonyl (C=O) groups excluding carboxylic acids is 1. The van der Waals surface area contributed by atoms with Gasteiger partial charge in [0.2, 0.25) is 0 Å². The van der Waals surface area contributed by atoms with Crippen molar-refractivity contribution in [3.8, 4) is 0 Å². The van der Waals surface area contributed by atoms with Crippen LogP contribution in [-0.4, -0.2) is 51.4 Å². The van der Waals surface area contributed by atoms with Crippen LogP contribution in [-0.2, 0) is 26.4 Å². The third kappa shape index (κ3) is 3.65. The maximum atomic E-state index is 12.9. The zero-order chi connectivity index (χ0) is 17.2. The number of amides is 1. The van der Waals surface area contributed by atoms with Gasteiger partial charge in [-0.15, -0.1) is 11.3 Å². The molecule has 0 radical (unpaired) electrons. The van der Waals surface area contributed by atoms with Gasteiger partial charge in [-0.05, 0) is 37.3 Å². The van der Waals surface area contributed by atoms with Crippen LogP contribution in [0.4, 0.5) is 0 Å². The molecular weight excluding hydrogens is 332 g/mol. The minimum Gasteiger partial charge on any atom is -0.337 e. The van der Waals surface area contributed by atoms with Crippen LogP contribution in [0.15, 0.2) is 18.5 Å². The number of aryl methyl sites for hydroxylation is 3. The van der Waals surface area contributed by atoms with Gasteiger partial charge in [-0.1, -0.05) is 6.42 Å². The topological polar surface area (TPSA) is 41.4 Å². The lowest BCUT2D eigenvalue weighted by molar-refractivity contribution is 0.0629. The molecule has 0 atom stereocenters. The summed E-state index contributed by atoms with van der Waals surface area (Å²) < 4.78 is 2.07. The first-order chi connectivity index (χ1) is 12.2. The van der Waals surface area contributed by atoms with Crippen molar-refractivity contribution in [2.45, 2.75) is 38.6 Å². The SMILES string of the molecule is Cn1ccnc1CN1CCN(C(=O)c2cc3c(s2)CCCCC3)CC1. The van der Waals surface area contributed by atoms with E-state index in [-0.39, 0.29) is 5.91 Å². The van der Waals surface area contributed by atoms with Gasteiger partial charge in [-0.25, -0.2) is 4.98 Å². The third-order valence-electron chi connectivity index (χ3n) is 5.40. The van der Waals surface area contributed by atoms with Crippen LogP contribution in [0.5, 0.6) is 0 Å². The predicted molar refractivity (Wildman–Crippen MR) is 100.0 cm³/mol. The highest BCUT2D eigenvalue weighted by molar-refractivity contribution is 7.14. The first kappa shape index (κ1) is 16.8. The Morgan fingerprint density at radius 2 is 1.96 bits per heavy atom. The van der Waals surface area contributed by atoms with Crippen LogP contribution >= 0.6 is 11.3 Å². The molecule has 0 saturated carbocycles. The standard InChI is InChI=1S/C19H26N4OS/c1-21-8-7-20-18(21)14-22-9-11-23(12-10-22)19(24)17-13-15-5-3-2-4-6-16(15)25-17/h7-8,13H,2-6,9-12,14H2,1H3. The summed E-state index contributed by atoms with van der Waals surface area (Å²) in [4.78, 5) is 24.1. The molecule has 4 rings (SSSR count). The second-order valence-electron chi connectivity index (χ2n) is 7.14. The Morgan fingerprint density at radius 3 is 2.72 bits per heavy atom. The quantitative estimate of drug-likeness (QED) is 0.792. The van der Waals surface area contributed by atoms with Gasteiger partial charge < -0.3 is 9.47 Å². The normalized spacial score (nSPS) is 18.8. The van der Waals surface area contributed by atoms with Crippen molar-refractivity contribution in [3.05, 3.63) is 39.6 Å². The average Bonchev–Trinajstić information content (AvgIpc) is 3.15. The van der Waals surface area contributed by atoms with E-state index in [1.807, 2.05) is 24.3 Å². The number of nitrogens with zero attached hydrogens (tertiary/aromatic N) is 4. The molecule has 0 spiro atoms. The number of aromatic nitrogens is 2. The minimum absolute atomic E-state index is 0.231. The number of hydrogen-bond acceptors (Lipinski definition) is 4. The number of imidazole rings is 1. The Labute approximate surface area is 153 Å². The fourth-order valence-electron chi connectivity index (χ4n) is 3.79. The summed E-state index contributed by atoms with van der Waals surface area (Å²) in [6.07, 6.45) is 9.99. The zero-order valence-corrected chi connectivity index (χ0v) is 15.7. The first-order valence-electron chi connectivity index (χ1n) is 9.30. The summed E-state index contributed by atoms with van der Waals surface area (Å²) in [5.74, 6) is 1.32. The molecule has 6 heteroatoms. The number of hydrogen-bond donors (Lipinski definition) is 0. The molecule has 1 aliphatic heterocycles. The highest BCUT2D eigenvalue weighted by Gasteiger charge is 2.25. The van der Waals surface area contributed by atoms with E-state index in [1.165, 1.54) is 29.7 Å². The Bertz CT molecular complexity index is 719. The Kier molecular flexibility index (Phi) is 4.90. The fourth-order valence-corrected chi connectivity index (χ4v) is 5.01. The summed E-state index contributed by atoms with van der Waals surface area (Å²) in [6.45, 7) is 4.32. The molecule has 1 aliphatic carbocycles. The van der Waals surface area contributed by atoms with E-state index in [2.05, 4.69) is 20.5 Å². The van der Waals surface area contributed by atoms with Gasteiger partial charge in [0, 0.05) is 50.5 Å². The van der Waals surface area contributed by atoms with Crippen molar-refractivity contribution in [1.82, 2.24) is 19.4 Å². The molecule has 25 heavy (non-hydrogen) atoms. The molecule has 2 aromatic heterocycles. The van der Waals surface area contributed by atoms with Crippen molar-refractivity contribution in [2.24, 2.45) is 7.05 Å². The molecular formula is C19H26N4OS. The van der Waals surface area contributed by atoms with Gasteiger partial charge in [0.05, 0.1) is 11.4 Å². The van der Waals surface area contributed by atoms with Crippen LogP contribution in [0.1, 0.15) is 45.2 Å². The Morgan fingerprint density at radius 1 is 1.16 bits per heavy atom. The molecule has 0 aromatic carbocycles. The van der Waals surface area contributed by atoms with Crippen LogP contribution in [0, 0.1) is 0 Å². The third-order valence-corrected chi connectivity index (χ3v) is 6.63. The number of fused-ring (bicyclic) bond motifs is 1. The van der Waals surface area contributed by atoms with Crippen LogP contribution < -0.4 is 0 Å². The van der Waals surface area contributed by atoms with Crippen LogP contribution in [0.3, 0.4) is 0 Å². The van der Waals surface area contributed by atoms with Gasteiger partial charge in [0.15, 0.2) is 0 Å². The molecule has 1 fully saturated rings. The highest BCUT2D eigenvalue weighted by atomic mass is 32.1. The molecule has 2 aliphatic rings. The summed E-state index contributed by atoms with van der Waals surface area (Å²) in [5, 5.41) is 0. The van der Waals surface area contributed by atoms with E-state index in [0.29, 0.717) is 0 Å². The maximum Gasteiger partial charge on any atom is 0.264 e.